The van der Waals surface area contributed by atoms with Gasteiger partial charge in [0, 0.05) is 44.8 Å². The van der Waals surface area contributed by atoms with E-state index in [-0.39, 0.29) is 5.91 Å². The van der Waals surface area contributed by atoms with Gasteiger partial charge in [0.25, 0.3) is 5.91 Å². The summed E-state index contributed by atoms with van der Waals surface area (Å²) in [5, 5.41) is 3.52. The largest absolute Gasteiger partial charge is 0.367 e. The van der Waals surface area contributed by atoms with Gasteiger partial charge in [0.2, 0.25) is 0 Å². The van der Waals surface area contributed by atoms with Crippen LogP contribution in [0.1, 0.15) is 54.6 Å². The summed E-state index contributed by atoms with van der Waals surface area (Å²) < 4.78 is 0. The molecule has 1 N–H and O–H groups in total. The van der Waals surface area contributed by atoms with E-state index in [4.69, 9.17) is 0 Å². The fraction of sp³-hybridized carbons (Fsp3) is 0.522. The lowest BCUT2D eigenvalue weighted by atomic mass is 10.1. The van der Waals surface area contributed by atoms with E-state index in [0.717, 1.165) is 38.5 Å². The molecule has 0 atom stereocenters. The number of amides is 1. The van der Waals surface area contributed by atoms with E-state index in [1.165, 1.54) is 50.4 Å². The number of carbonyl (C=O) groups is 1. The van der Waals surface area contributed by atoms with Crippen LogP contribution < -0.4 is 5.32 Å². The van der Waals surface area contributed by atoms with Gasteiger partial charge in [-0.25, -0.2) is 9.97 Å². The predicted octanol–water partition coefficient (Wildman–Crippen LogP) is 3.57. The van der Waals surface area contributed by atoms with Gasteiger partial charge in [0.15, 0.2) is 0 Å². The van der Waals surface area contributed by atoms with Gasteiger partial charge in [-0.2, -0.15) is 0 Å². The number of hydrogen-bond donors (Lipinski definition) is 1. The van der Waals surface area contributed by atoms with Crippen LogP contribution in [-0.2, 0) is 6.54 Å². The summed E-state index contributed by atoms with van der Waals surface area (Å²) in [5.74, 6) is 0.786. The van der Waals surface area contributed by atoms with Crippen molar-refractivity contribution < 1.29 is 4.79 Å². The third-order valence-electron chi connectivity index (χ3n) is 6.00. The molecule has 6 nitrogen and oxygen atoms in total. The molecular weight excluding hydrogens is 362 g/mol. The first kappa shape index (κ1) is 19.8. The average molecular weight is 394 g/mol. The summed E-state index contributed by atoms with van der Waals surface area (Å²) in [6.07, 6.45) is 9.04. The molecule has 0 bridgehead atoms. The Morgan fingerprint density at radius 1 is 0.966 bits per heavy atom. The molecule has 0 radical (unpaired) electrons. The number of piperazine rings is 1. The van der Waals surface area contributed by atoms with Crippen molar-refractivity contribution in [3.8, 4) is 0 Å². The molecule has 2 heterocycles. The van der Waals surface area contributed by atoms with Crippen LogP contribution in [0.3, 0.4) is 0 Å². The summed E-state index contributed by atoms with van der Waals surface area (Å²) in [4.78, 5) is 25.9. The number of nitrogens with one attached hydrogen (secondary N) is 1. The van der Waals surface area contributed by atoms with Gasteiger partial charge in [-0.15, -0.1) is 0 Å². The smallest absolute Gasteiger partial charge is 0.272 e. The topological polar surface area (TPSA) is 61.4 Å². The van der Waals surface area contributed by atoms with E-state index in [2.05, 4.69) is 44.5 Å². The van der Waals surface area contributed by atoms with Gasteiger partial charge < -0.3 is 10.2 Å². The first-order chi connectivity index (χ1) is 14.3. The number of anilines is 1. The Morgan fingerprint density at radius 3 is 2.41 bits per heavy atom. The van der Waals surface area contributed by atoms with E-state index in [1.807, 2.05) is 17.0 Å². The Morgan fingerprint density at radius 2 is 1.69 bits per heavy atom. The highest BCUT2D eigenvalue weighted by Crippen LogP contribution is 2.20. The van der Waals surface area contributed by atoms with Crippen LogP contribution in [0.2, 0.25) is 0 Å². The van der Waals surface area contributed by atoms with Crippen LogP contribution in [0.15, 0.2) is 42.7 Å². The highest BCUT2D eigenvalue weighted by molar-refractivity contribution is 5.93. The molecule has 1 aromatic heterocycles. The summed E-state index contributed by atoms with van der Waals surface area (Å²) in [6.45, 7) is 4.19. The van der Waals surface area contributed by atoms with Crippen molar-refractivity contribution in [2.45, 2.75) is 51.1 Å². The molecule has 0 spiro atoms. The summed E-state index contributed by atoms with van der Waals surface area (Å²) >= 11 is 0. The normalized spacial score (nSPS) is 19.0. The van der Waals surface area contributed by atoms with Crippen LogP contribution in [0.5, 0.6) is 0 Å². The van der Waals surface area contributed by atoms with Gasteiger partial charge in [-0.05, 0) is 18.4 Å². The number of hydrogen-bond acceptors (Lipinski definition) is 5. The van der Waals surface area contributed by atoms with E-state index in [1.54, 1.807) is 0 Å². The molecule has 2 fully saturated rings. The van der Waals surface area contributed by atoms with Gasteiger partial charge >= 0.3 is 0 Å². The second kappa shape index (κ2) is 9.83. The fourth-order valence-corrected chi connectivity index (χ4v) is 4.30. The van der Waals surface area contributed by atoms with E-state index in [9.17, 15) is 4.79 Å². The van der Waals surface area contributed by atoms with Crippen molar-refractivity contribution in [3.05, 3.63) is 54.0 Å². The number of rotatable bonds is 5. The third kappa shape index (κ3) is 5.54. The zero-order valence-corrected chi connectivity index (χ0v) is 17.1. The van der Waals surface area contributed by atoms with Gasteiger partial charge in [-0.3, -0.25) is 9.69 Å². The Hall–Kier alpha value is -2.47. The van der Waals surface area contributed by atoms with Gasteiger partial charge in [0.05, 0.1) is 0 Å². The van der Waals surface area contributed by atoms with Crippen LogP contribution in [0, 0.1) is 0 Å². The van der Waals surface area contributed by atoms with Crippen molar-refractivity contribution in [2.75, 3.05) is 31.5 Å². The molecule has 4 rings (SSSR count). The third-order valence-corrected chi connectivity index (χ3v) is 6.00. The maximum Gasteiger partial charge on any atom is 0.272 e. The second-order valence-corrected chi connectivity index (χ2v) is 8.18. The highest BCUT2D eigenvalue weighted by atomic mass is 16.2. The molecule has 2 aromatic rings. The first-order valence-corrected chi connectivity index (χ1v) is 10.9. The number of nitrogens with zero attached hydrogens (tertiary/aromatic N) is 4. The van der Waals surface area contributed by atoms with Crippen LogP contribution in [-0.4, -0.2) is 57.9 Å². The molecule has 0 unspecified atom stereocenters. The molecule has 6 heteroatoms. The lowest BCUT2D eigenvalue weighted by Crippen LogP contribution is -2.48. The maximum absolute atomic E-state index is 13.0. The van der Waals surface area contributed by atoms with E-state index in [0.29, 0.717) is 11.7 Å². The van der Waals surface area contributed by atoms with Crippen molar-refractivity contribution in [1.29, 1.82) is 0 Å². The molecule has 2 aliphatic rings. The summed E-state index contributed by atoms with van der Waals surface area (Å²) in [5.41, 5.74) is 1.81. The number of carbonyl (C=O) groups excluding carboxylic acids is 1. The quantitative estimate of drug-likeness (QED) is 0.787. The number of aromatic nitrogens is 2. The SMILES string of the molecule is O=C(c1cc(NC2CCCCCC2)ncn1)N1CCN(Cc2ccccc2)CC1. The molecular formula is C23H31N5O. The minimum Gasteiger partial charge on any atom is -0.367 e. The van der Waals surface area contributed by atoms with Crippen molar-refractivity contribution in [1.82, 2.24) is 19.8 Å². The maximum atomic E-state index is 13.0. The van der Waals surface area contributed by atoms with Gasteiger partial charge in [-0.1, -0.05) is 56.0 Å². The lowest BCUT2D eigenvalue weighted by Gasteiger charge is -2.34. The van der Waals surface area contributed by atoms with E-state index >= 15 is 0 Å². The van der Waals surface area contributed by atoms with Crippen molar-refractivity contribution >= 4 is 11.7 Å². The summed E-state index contributed by atoms with van der Waals surface area (Å²) in [6, 6.07) is 12.8. The zero-order valence-electron chi connectivity index (χ0n) is 17.1. The monoisotopic (exact) mass is 393 g/mol. The minimum absolute atomic E-state index is 0.00989. The van der Waals surface area contributed by atoms with E-state index < -0.39 is 0 Å². The minimum atomic E-state index is 0.00989. The average Bonchev–Trinajstić information content (AvgIpc) is 3.03. The molecule has 1 aliphatic carbocycles. The van der Waals surface area contributed by atoms with Crippen LogP contribution in [0.25, 0.3) is 0 Å². The molecule has 1 aliphatic heterocycles. The number of benzene rings is 1. The Kier molecular flexibility index (Phi) is 6.72. The molecule has 154 valence electrons. The van der Waals surface area contributed by atoms with Crippen LogP contribution in [0.4, 0.5) is 5.82 Å². The van der Waals surface area contributed by atoms with Gasteiger partial charge in [0.1, 0.15) is 17.8 Å². The molecule has 1 saturated heterocycles. The molecule has 1 amide bonds. The Balaban J connectivity index is 1.31. The molecule has 1 aromatic carbocycles. The zero-order chi connectivity index (χ0) is 19.9. The Labute approximate surface area is 173 Å². The highest BCUT2D eigenvalue weighted by Gasteiger charge is 2.23. The van der Waals surface area contributed by atoms with Crippen LogP contribution >= 0.6 is 0 Å². The molecule has 1 saturated carbocycles. The Bertz CT molecular complexity index is 781. The standard InChI is InChI=1S/C23H31N5O/c29-23(28-14-12-27(13-15-28)17-19-8-4-3-5-9-19)21-16-22(25-18-24-21)26-20-10-6-1-2-7-11-20/h3-5,8-9,16,18,20H,1-2,6-7,10-15,17H2,(H,24,25,26). The second-order valence-electron chi connectivity index (χ2n) is 8.18. The summed E-state index contributed by atoms with van der Waals surface area (Å²) in [7, 11) is 0. The predicted molar refractivity (Wildman–Crippen MR) is 115 cm³/mol. The van der Waals surface area contributed by atoms with Crippen molar-refractivity contribution in [2.24, 2.45) is 0 Å². The first-order valence-electron chi connectivity index (χ1n) is 10.9. The lowest BCUT2D eigenvalue weighted by molar-refractivity contribution is 0.0622. The molecule has 29 heavy (non-hydrogen) atoms. The van der Waals surface area contributed by atoms with Crippen molar-refractivity contribution in [3.63, 3.8) is 0 Å². The fourth-order valence-electron chi connectivity index (χ4n) is 4.30.